The maximum Gasteiger partial charge on any atom is 0.223 e. The minimum atomic E-state index is -0.293. The lowest BCUT2D eigenvalue weighted by molar-refractivity contribution is -0.139. The number of amides is 1. The number of aryl methyl sites for hydroxylation is 2. The highest BCUT2D eigenvalue weighted by molar-refractivity contribution is 5.76. The maximum absolute atomic E-state index is 13.6. The number of ether oxygens (including phenoxy) is 1. The molecule has 3 heterocycles. The molecule has 0 spiro atoms. The van der Waals surface area contributed by atoms with E-state index in [9.17, 15) is 9.18 Å². The molecule has 0 radical (unpaired) electrons. The Labute approximate surface area is 186 Å². The summed E-state index contributed by atoms with van der Waals surface area (Å²) in [6.45, 7) is 1.52. The summed E-state index contributed by atoms with van der Waals surface area (Å²) < 4.78 is 19.5. The lowest BCUT2D eigenvalue weighted by atomic mass is 9.94. The van der Waals surface area contributed by atoms with Crippen LogP contribution in [-0.4, -0.2) is 45.7 Å². The molecule has 7 heteroatoms. The molecule has 1 fully saturated rings. The number of carbonyl (C=O) groups is 1. The van der Waals surface area contributed by atoms with E-state index in [0.717, 1.165) is 29.8 Å². The van der Waals surface area contributed by atoms with Gasteiger partial charge in [-0.25, -0.2) is 9.37 Å². The van der Waals surface area contributed by atoms with Crippen LogP contribution in [0.25, 0.3) is 11.3 Å². The van der Waals surface area contributed by atoms with Gasteiger partial charge < -0.3 is 9.64 Å². The first-order chi connectivity index (χ1) is 15.7. The fraction of sp³-hybridized carbons (Fsp3) is 0.400. The summed E-state index contributed by atoms with van der Waals surface area (Å²) in [4.78, 5) is 19.5. The van der Waals surface area contributed by atoms with E-state index in [4.69, 9.17) is 9.72 Å². The molecule has 1 aliphatic carbocycles. The molecule has 0 saturated carbocycles. The van der Waals surface area contributed by atoms with Gasteiger partial charge in [-0.15, -0.1) is 0 Å². The van der Waals surface area contributed by atoms with E-state index in [1.165, 1.54) is 36.2 Å². The van der Waals surface area contributed by atoms with Crippen LogP contribution in [0.1, 0.15) is 48.0 Å². The van der Waals surface area contributed by atoms with Crippen molar-refractivity contribution in [2.75, 3.05) is 19.7 Å². The Morgan fingerprint density at radius 3 is 2.97 bits per heavy atom. The van der Waals surface area contributed by atoms with Crippen molar-refractivity contribution in [1.29, 1.82) is 0 Å². The predicted octanol–water partition coefficient (Wildman–Crippen LogP) is 4.02. The normalized spacial score (nSPS) is 18.4. The van der Waals surface area contributed by atoms with Crippen molar-refractivity contribution >= 4 is 5.91 Å². The average Bonchev–Trinajstić information content (AvgIpc) is 3.26. The Morgan fingerprint density at radius 1 is 1.19 bits per heavy atom. The molecule has 166 valence electrons. The number of nitrogens with zero attached hydrogens (tertiary/aromatic N) is 3. The number of pyridine rings is 1. The van der Waals surface area contributed by atoms with Gasteiger partial charge in [0.15, 0.2) is 0 Å². The van der Waals surface area contributed by atoms with Gasteiger partial charge in [0.05, 0.1) is 30.2 Å². The second-order valence-electron chi connectivity index (χ2n) is 8.49. The summed E-state index contributed by atoms with van der Waals surface area (Å²) in [7, 11) is 0. The second kappa shape index (κ2) is 9.20. The van der Waals surface area contributed by atoms with Crippen molar-refractivity contribution in [1.82, 2.24) is 20.1 Å². The summed E-state index contributed by atoms with van der Waals surface area (Å²) in [5.74, 6) is -0.175. The third-order valence-corrected chi connectivity index (χ3v) is 6.36. The molecule has 0 bridgehead atoms. The summed E-state index contributed by atoms with van der Waals surface area (Å²) in [6.07, 6.45) is 5.34. The van der Waals surface area contributed by atoms with E-state index >= 15 is 0 Å². The van der Waals surface area contributed by atoms with Gasteiger partial charge in [0.1, 0.15) is 11.9 Å². The Morgan fingerprint density at radius 2 is 2.06 bits per heavy atom. The largest absolute Gasteiger partial charge is 0.368 e. The Hall–Kier alpha value is -3.06. The van der Waals surface area contributed by atoms with Gasteiger partial charge in [-0.3, -0.25) is 9.89 Å². The minimum Gasteiger partial charge on any atom is -0.368 e. The summed E-state index contributed by atoms with van der Waals surface area (Å²) >= 11 is 0. The van der Waals surface area contributed by atoms with Crippen LogP contribution in [0.2, 0.25) is 0 Å². The zero-order chi connectivity index (χ0) is 21.9. The molecule has 1 N–H and O–H groups in total. The zero-order valence-electron chi connectivity index (χ0n) is 18.0. The number of aromatic nitrogens is 3. The number of nitrogens with one attached hydrogen (secondary N) is 1. The Balaban J connectivity index is 1.24. The number of hydrogen-bond acceptors (Lipinski definition) is 4. The number of hydrogen-bond donors (Lipinski definition) is 1. The molecule has 6 nitrogen and oxygen atoms in total. The van der Waals surface area contributed by atoms with Crippen LogP contribution in [0, 0.1) is 5.82 Å². The standard InChI is InChI=1S/C25H27FN4O2/c26-18-6-3-5-17(15-18)20-9-4-10-23(27-20)24-16-30(13-14-32-24)25(31)12-11-22-19-7-1-2-8-21(19)28-29-22/h3-6,9-10,15,24H,1-2,7-8,11-14,16H2,(H,28,29). The smallest absolute Gasteiger partial charge is 0.223 e. The summed E-state index contributed by atoms with van der Waals surface area (Å²) in [6, 6.07) is 12.0. The van der Waals surface area contributed by atoms with E-state index in [-0.39, 0.29) is 17.8 Å². The van der Waals surface area contributed by atoms with Crippen molar-refractivity contribution in [3.63, 3.8) is 0 Å². The molecule has 1 atom stereocenters. The van der Waals surface area contributed by atoms with Crippen LogP contribution in [0.4, 0.5) is 4.39 Å². The quantitative estimate of drug-likeness (QED) is 0.658. The molecular formula is C25H27FN4O2. The van der Waals surface area contributed by atoms with Crippen molar-refractivity contribution in [2.24, 2.45) is 0 Å². The van der Waals surface area contributed by atoms with Crippen molar-refractivity contribution in [2.45, 2.75) is 44.6 Å². The molecule has 1 unspecified atom stereocenters. The van der Waals surface area contributed by atoms with Crippen LogP contribution in [0.5, 0.6) is 0 Å². The molecule has 3 aromatic rings. The van der Waals surface area contributed by atoms with Gasteiger partial charge in [-0.2, -0.15) is 5.10 Å². The fourth-order valence-electron chi connectivity index (χ4n) is 4.63. The maximum atomic E-state index is 13.6. The van der Waals surface area contributed by atoms with Crippen molar-refractivity contribution in [3.8, 4) is 11.3 Å². The highest BCUT2D eigenvalue weighted by Gasteiger charge is 2.27. The fourth-order valence-corrected chi connectivity index (χ4v) is 4.63. The van der Waals surface area contributed by atoms with Gasteiger partial charge in [0.25, 0.3) is 0 Å². The van der Waals surface area contributed by atoms with Gasteiger partial charge in [-0.1, -0.05) is 18.2 Å². The molecule has 32 heavy (non-hydrogen) atoms. The van der Waals surface area contributed by atoms with E-state index in [1.54, 1.807) is 6.07 Å². The molecular weight excluding hydrogens is 407 g/mol. The van der Waals surface area contributed by atoms with Crippen LogP contribution in [-0.2, 0) is 28.8 Å². The lowest BCUT2D eigenvalue weighted by Gasteiger charge is -2.33. The highest BCUT2D eigenvalue weighted by atomic mass is 19.1. The first-order valence-electron chi connectivity index (χ1n) is 11.3. The molecule has 5 rings (SSSR count). The number of carbonyl (C=O) groups excluding carboxylic acids is 1. The number of halogens is 1. The number of aromatic amines is 1. The zero-order valence-corrected chi connectivity index (χ0v) is 18.0. The first kappa shape index (κ1) is 20.8. The Kier molecular flexibility index (Phi) is 5.99. The summed E-state index contributed by atoms with van der Waals surface area (Å²) in [5.41, 5.74) is 5.78. The molecule has 1 saturated heterocycles. The monoisotopic (exact) mass is 434 g/mol. The number of benzene rings is 1. The van der Waals surface area contributed by atoms with E-state index in [0.29, 0.717) is 38.2 Å². The van der Waals surface area contributed by atoms with E-state index in [2.05, 4.69) is 10.2 Å². The third kappa shape index (κ3) is 4.43. The molecule has 2 aliphatic rings. The van der Waals surface area contributed by atoms with Gasteiger partial charge >= 0.3 is 0 Å². The summed E-state index contributed by atoms with van der Waals surface area (Å²) in [5, 5.41) is 7.62. The van der Waals surface area contributed by atoms with Crippen molar-refractivity contribution < 1.29 is 13.9 Å². The van der Waals surface area contributed by atoms with E-state index in [1.807, 2.05) is 29.2 Å². The number of morpholine rings is 1. The van der Waals surface area contributed by atoms with Gasteiger partial charge in [0, 0.05) is 30.6 Å². The molecule has 1 amide bonds. The number of fused-ring (bicyclic) bond motifs is 1. The van der Waals surface area contributed by atoms with Gasteiger partial charge in [0.2, 0.25) is 5.91 Å². The minimum absolute atomic E-state index is 0.118. The first-order valence-corrected chi connectivity index (χ1v) is 11.3. The second-order valence-corrected chi connectivity index (χ2v) is 8.49. The van der Waals surface area contributed by atoms with Crippen LogP contribution in [0.3, 0.4) is 0 Å². The van der Waals surface area contributed by atoms with Gasteiger partial charge in [-0.05, 0) is 55.5 Å². The molecule has 1 aliphatic heterocycles. The van der Waals surface area contributed by atoms with Crippen LogP contribution < -0.4 is 0 Å². The molecule has 2 aromatic heterocycles. The highest BCUT2D eigenvalue weighted by Crippen LogP contribution is 2.26. The Bertz CT molecular complexity index is 1110. The number of rotatable bonds is 5. The predicted molar refractivity (Wildman–Crippen MR) is 118 cm³/mol. The number of H-pyrrole nitrogens is 1. The average molecular weight is 435 g/mol. The van der Waals surface area contributed by atoms with Crippen LogP contribution >= 0.6 is 0 Å². The molecule has 1 aromatic carbocycles. The van der Waals surface area contributed by atoms with Crippen LogP contribution in [0.15, 0.2) is 42.5 Å². The topological polar surface area (TPSA) is 71.1 Å². The SMILES string of the molecule is O=C(CCc1n[nH]c2c1CCCC2)N1CCOC(c2cccc(-c3cccc(F)c3)n2)C1. The lowest BCUT2D eigenvalue weighted by Crippen LogP contribution is -2.42. The third-order valence-electron chi connectivity index (χ3n) is 6.36. The van der Waals surface area contributed by atoms with Crippen molar-refractivity contribution in [3.05, 3.63) is 70.9 Å². The van der Waals surface area contributed by atoms with E-state index < -0.39 is 0 Å².